The maximum atomic E-state index is 4.72. The average molecular weight is 275 g/mol. The van der Waals surface area contributed by atoms with Gasteiger partial charge in [0, 0.05) is 22.7 Å². The highest BCUT2D eigenvalue weighted by molar-refractivity contribution is 7.15. The van der Waals surface area contributed by atoms with Crippen molar-refractivity contribution >= 4 is 17.2 Å². The molecule has 0 unspecified atom stereocenters. The summed E-state index contributed by atoms with van der Waals surface area (Å²) in [7, 11) is 0. The number of aromatic nitrogens is 2. The first-order valence-electron chi connectivity index (χ1n) is 6.72. The SMILES string of the molecule is CCNc1nc(-c2ccc(C)s2)nc(C)c1C(C)C. The van der Waals surface area contributed by atoms with Gasteiger partial charge in [-0.25, -0.2) is 9.97 Å². The second-order valence-electron chi connectivity index (χ2n) is 4.99. The first-order chi connectivity index (χ1) is 9.02. The molecule has 0 saturated carbocycles. The van der Waals surface area contributed by atoms with Crippen molar-refractivity contribution in [3.8, 4) is 10.7 Å². The van der Waals surface area contributed by atoms with E-state index in [1.165, 1.54) is 10.4 Å². The van der Waals surface area contributed by atoms with Gasteiger partial charge in [-0.2, -0.15) is 0 Å². The van der Waals surface area contributed by atoms with Crippen LogP contribution in [0.4, 0.5) is 5.82 Å². The van der Waals surface area contributed by atoms with E-state index >= 15 is 0 Å². The molecule has 0 atom stereocenters. The van der Waals surface area contributed by atoms with Crippen LogP contribution in [0.25, 0.3) is 10.7 Å². The Bertz CT molecular complexity index is 573. The number of nitrogens with zero attached hydrogens (tertiary/aromatic N) is 2. The van der Waals surface area contributed by atoms with Crippen molar-refractivity contribution in [2.75, 3.05) is 11.9 Å². The van der Waals surface area contributed by atoms with Gasteiger partial charge in [-0.05, 0) is 38.8 Å². The number of rotatable bonds is 4. The molecule has 2 aromatic rings. The largest absolute Gasteiger partial charge is 0.370 e. The highest BCUT2D eigenvalue weighted by Gasteiger charge is 2.15. The van der Waals surface area contributed by atoms with E-state index in [1.54, 1.807) is 11.3 Å². The van der Waals surface area contributed by atoms with Gasteiger partial charge >= 0.3 is 0 Å². The Kier molecular flexibility index (Phi) is 4.20. The second kappa shape index (κ2) is 5.70. The van der Waals surface area contributed by atoms with Gasteiger partial charge in [-0.1, -0.05) is 13.8 Å². The van der Waals surface area contributed by atoms with Crippen LogP contribution in [0, 0.1) is 13.8 Å². The molecule has 0 aliphatic rings. The fourth-order valence-corrected chi connectivity index (χ4v) is 3.04. The first-order valence-corrected chi connectivity index (χ1v) is 7.53. The first kappa shape index (κ1) is 14.0. The lowest BCUT2D eigenvalue weighted by Crippen LogP contribution is -2.09. The zero-order valence-electron chi connectivity index (χ0n) is 12.2. The lowest BCUT2D eigenvalue weighted by atomic mass is 10.0. The van der Waals surface area contributed by atoms with Crippen LogP contribution in [-0.2, 0) is 0 Å². The number of aryl methyl sites for hydroxylation is 2. The molecule has 102 valence electrons. The van der Waals surface area contributed by atoms with Crippen LogP contribution < -0.4 is 5.32 Å². The normalized spacial score (nSPS) is 11.1. The van der Waals surface area contributed by atoms with Crippen molar-refractivity contribution in [1.29, 1.82) is 0 Å². The molecule has 3 nitrogen and oxygen atoms in total. The Labute approximate surface area is 119 Å². The van der Waals surface area contributed by atoms with Crippen molar-refractivity contribution < 1.29 is 0 Å². The minimum Gasteiger partial charge on any atom is -0.370 e. The van der Waals surface area contributed by atoms with Gasteiger partial charge in [0.05, 0.1) is 4.88 Å². The molecular weight excluding hydrogens is 254 g/mol. The molecule has 0 aromatic carbocycles. The quantitative estimate of drug-likeness (QED) is 0.900. The number of anilines is 1. The van der Waals surface area contributed by atoms with Crippen LogP contribution in [0.3, 0.4) is 0 Å². The molecule has 0 spiro atoms. The highest BCUT2D eigenvalue weighted by atomic mass is 32.1. The van der Waals surface area contributed by atoms with Crippen molar-refractivity contribution in [1.82, 2.24) is 9.97 Å². The van der Waals surface area contributed by atoms with Gasteiger partial charge in [0.1, 0.15) is 5.82 Å². The zero-order chi connectivity index (χ0) is 14.0. The molecule has 0 saturated heterocycles. The molecule has 2 aromatic heterocycles. The summed E-state index contributed by atoms with van der Waals surface area (Å²) in [5.41, 5.74) is 2.29. The van der Waals surface area contributed by atoms with Crippen molar-refractivity contribution in [3.05, 3.63) is 28.3 Å². The van der Waals surface area contributed by atoms with Crippen molar-refractivity contribution in [3.63, 3.8) is 0 Å². The van der Waals surface area contributed by atoms with Gasteiger partial charge in [-0.3, -0.25) is 0 Å². The lowest BCUT2D eigenvalue weighted by molar-refractivity contribution is 0.831. The summed E-state index contributed by atoms with van der Waals surface area (Å²) >= 11 is 1.74. The molecule has 0 bridgehead atoms. The fraction of sp³-hybridized carbons (Fsp3) is 0.467. The van der Waals surface area contributed by atoms with Crippen molar-refractivity contribution in [2.45, 2.75) is 40.5 Å². The van der Waals surface area contributed by atoms with E-state index in [1.807, 2.05) is 0 Å². The summed E-state index contributed by atoms with van der Waals surface area (Å²) in [6, 6.07) is 4.21. The maximum absolute atomic E-state index is 4.72. The fourth-order valence-electron chi connectivity index (χ4n) is 2.24. The van der Waals surface area contributed by atoms with E-state index in [4.69, 9.17) is 4.98 Å². The van der Waals surface area contributed by atoms with Crippen LogP contribution >= 0.6 is 11.3 Å². The molecule has 0 amide bonds. The molecular formula is C15H21N3S. The Morgan fingerprint density at radius 2 is 1.95 bits per heavy atom. The molecule has 0 aliphatic carbocycles. The summed E-state index contributed by atoms with van der Waals surface area (Å²) in [5, 5.41) is 3.37. The Morgan fingerprint density at radius 3 is 2.47 bits per heavy atom. The topological polar surface area (TPSA) is 37.8 Å². The highest BCUT2D eigenvalue weighted by Crippen LogP contribution is 2.30. The Morgan fingerprint density at radius 1 is 1.21 bits per heavy atom. The minimum atomic E-state index is 0.424. The molecule has 0 radical (unpaired) electrons. The van der Waals surface area contributed by atoms with Gasteiger partial charge < -0.3 is 5.32 Å². The minimum absolute atomic E-state index is 0.424. The van der Waals surface area contributed by atoms with Crippen LogP contribution in [-0.4, -0.2) is 16.5 Å². The van der Waals surface area contributed by atoms with E-state index < -0.39 is 0 Å². The van der Waals surface area contributed by atoms with Crippen LogP contribution in [0.2, 0.25) is 0 Å². The number of nitrogens with one attached hydrogen (secondary N) is 1. The smallest absolute Gasteiger partial charge is 0.171 e. The molecule has 2 rings (SSSR count). The molecule has 2 heterocycles. The standard InChI is InChI=1S/C15H21N3S/c1-6-16-15-13(9(2)3)11(5)17-14(18-15)12-8-7-10(4)19-12/h7-9H,6H2,1-5H3,(H,16,17,18). The number of thiophene rings is 1. The van der Waals surface area contributed by atoms with Gasteiger partial charge in [0.15, 0.2) is 5.82 Å². The third-order valence-corrected chi connectivity index (χ3v) is 4.02. The molecule has 4 heteroatoms. The number of hydrogen-bond donors (Lipinski definition) is 1. The Hall–Kier alpha value is -1.42. The van der Waals surface area contributed by atoms with E-state index in [2.05, 4.69) is 57.1 Å². The summed E-state index contributed by atoms with van der Waals surface area (Å²) in [6.07, 6.45) is 0. The van der Waals surface area contributed by atoms with E-state index in [-0.39, 0.29) is 0 Å². The summed E-state index contributed by atoms with van der Waals surface area (Å²) in [5.74, 6) is 2.23. The third-order valence-electron chi connectivity index (χ3n) is 3.02. The lowest BCUT2D eigenvalue weighted by Gasteiger charge is -2.16. The third kappa shape index (κ3) is 2.95. The van der Waals surface area contributed by atoms with E-state index in [0.717, 1.165) is 28.8 Å². The van der Waals surface area contributed by atoms with Crippen LogP contribution in [0.5, 0.6) is 0 Å². The molecule has 0 fully saturated rings. The molecule has 1 N–H and O–H groups in total. The van der Waals surface area contributed by atoms with Gasteiger partial charge in [-0.15, -0.1) is 11.3 Å². The predicted molar refractivity (Wildman–Crippen MR) is 83.1 cm³/mol. The van der Waals surface area contributed by atoms with Crippen molar-refractivity contribution in [2.24, 2.45) is 0 Å². The second-order valence-corrected chi connectivity index (χ2v) is 6.28. The summed E-state index contributed by atoms with van der Waals surface area (Å²) in [4.78, 5) is 11.8. The molecule has 19 heavy (non-hydrogen) atoms. The maximum Gasteiger partial charge on any atom is 0.171 e. The van der Waals surface area contributed by atoms with Crippen LogP contribution in [0.15, 0.2) is 12.1 Å². The van der Waals surface area contributed by atoms with Crippen LogP contribution in [0.1, 0.15) is 42.8 Å². The zero-order valence-corrected chi connectivity index (χ0v) is 13.1. The predicted octanol–water partition coefficient (Wildman–Crippen LogP) is 4.38. The summed E-state index contributed by atoms with van der Waals surface area (Å²) < 4.78 is 0. The average Bonchev–Trinajstić information content (AvgIpc) is 2.75. The molecule has 0 aliphatic heterocycles. The Balaban J connectivity index is 2.53. The number of hydrogen-bond acceptors (Lipinski definition) is 4. The monoisotopic (exact) mass is 275 g/mol. The van der Waals surface area contributed by atoms with E-state index in [0.29, 0.717) is 5.92 Å². The van der Waals surface area contributed by atoms with E-state index in [9.17, 15) is 0 Å². The van der Waals surface area contributed by atoms with Gasteiger partial charge in [0.25, 0.3) is 0 Å². The van der Waals surface area contributed by atoms with Gasteiger partial charge in [0.2, 0.25) is 0 Å². The summed E-state index contributed by atoms with van der Waals surface area (Å²) in [6.45, 7) is 11.5.